The highest BCUT2D eigenvalue weighted by atomic mass is 32.2. The molecule has 2 aromatic rings. The zero-order valence-corrected chi connectivity index (χ0v) is 7.14. The van der Waals surface area contributed by atoms with Crippen molar-refractivity contribution in [3.63, 3.8) is 0 Å². The summed E-state index contributed by atoms with van der Waals surface area (Å²) in [4.78, 5) is 4.51. The van der Waals surface area contributed by atoms with E-state index in [1.807, 2.05) is 12.3 Å². The fraction of sp³-hybridized carbons (Fsp3) is 0. The standard InChI is InChI=1S/C9H7N2S/c1-3-7-4-2-6-11-9(7)8(5-1)12-10-11/h1-6,10H/q+1. The number of hydrogen-bond acceptors (Lipinski definition) is 2. The molecule has 0 atom stereocenters. The predicted octanol–water partition coefficient (Wildman–Crippen LogP) is 1.69. The number of para-hydroxylation sites is 1. The van der Waals surface area contributed by atoms with Crippen molar-refractivity contribution in [1.29, 1.82) is 0 Å². The number of hydrogen-bond donors (Lipinski definition) is 1. The van der Waals surface area contributed by atoms with Crippen LogP contribution in [0.1, 0.15) is 0 Å². The summed E-state index contributed by atoms with van der Waals surface area (Å²) in [5.74, 6) is 0. The number of nitrogens with one attached hydrogen (secondary N) is 1. The quantitative estimate of drug-likeness (QED) is 0.484. The molecule has 1 aromatic heterocycles. The lowest BCUT2D eigenvalue weighted by Gasteiger charge is -1.90. The van der Waals surface area contributed by atoms with Crippen LogP contribution in [-0.2, 0) is 0 Å². The van der Waals surface area contributed by atoms with Gasteiger partial charge >= 0.3 is 0 Å². The molecule has 1 aliphatic rings. The van der Waals surface area contributed by atoms with Crippen molar-refractivity contribution in [2.45, 2.75) is 4.90 Å². The highest BCUT2D eigenvalue weighted by Gasteiger charge is 2.20. The van der Waals surface area contributed by atoms with Gasteiger partial charge in [0.05, 0.1) is 17.3 Å². The van der Waals surface area contributed by atoms with E-state index in [0.29, 0.717) is 0 Å². The molecular weight excluding hydrogens is 168 g/mol. The van der Waals surface area contributed by atoms with Crippen LogP contribution in [0.15, 0.2) is 41.4 Å². The van der Waals surface area contributed by atoms with E-state index >= 15 is 0 Å². The average molecular weight is 175 g/mol. The molecule has 0 fully saturated rings. The maximum atomic E-state index is 3.21. The highest BCUT2D eigenvalue weighted by molar-refractivity contribution is 8.00. The van der Waals surface area contributed by atoms with Gasteiger partial charge in [-0.25, -0.2) is 0 Å². The van der Waals surface area contributed by atoms with Crippen molar-refractivity contribution in [2.24, 2.45) is 0 Å². The first kappa shape index (κ1) is 6.31. The molecule has 3 rings (SSSR count). The van der Waals surface area contributed by atoms with E-state index in [1.165, 1.54) is 15.8 Å². The third-order valence-corrected chi connectivity index (χ3v) is 2.87. The first-order chi connectivity index (χ1) is 5.95. The topological polar surface area (TPSA) is 15.9 Å². The van der Waals surface area contributed by atoms with Crippen molar-refractivity contribution in [3.8, 4) is 0 Å². The number of pyridine rings is 1. The molecule has 58 valence electrons. The normalized spacial score (nSPS) is 13.3. The Labute approximate surface area is 74.3 Å². The van der Waals surface area contributed by atoms with Crippen LogP contribution >= 0.6 is 11.9 Å². The van der Waals surface area contributed by atoms with Crippen molar-refractivity contribution < 1.29 is 4.68 Å². The maximum Gasteiger partial charge on any atom is 0.258 e. The lowest BCUT2D eigenvalue weighted by Crippen LogP contribution is -2.37. The molecule has 2 heterocycles. The van der Waals surface area contributed by atoms with Gasteiger partial charge in [0.1, 0.15) is 4.90 Å². The van der Waals surface area contributed by atoms with Gasteiger partial charge in [-0.05, 0) is 18.2 Å². The second kappa shape index (κ2) is 2.14. The Kier molecular flexibility index (Phi) is 1.12. The molecule has 0 bridgehead atoms. The molecule has 0 unspecified atom stereocenters. The van der Waals surface area contributed by atoms with Crippen LogP contribution in [0.3, 0.4) is 0 Å². The van der Waals surface area contributed by atoms with Gasteiger partial charge in [-0.1, -0.05) is 10.7 Å². The molecule has 0 saturated carbocycles. The molecule has 3 heteroatoms. The van der Waals surface area contributed by atoms with Crippen LogP contribution in [0.2, 0.25) is 0 Å². The minimum Gasteiger partial charge on any atom is -0.127 e. The minimum atomic E-state index is 1.28. The van der Waals surface area contributed by atoms with Gasteiger partial charge in [0.15, 0.2) is 0 Å². The van der Waals surface area contributed by atoms with Gasteiger partial charge in [-0.2, -0.15) is 0 Å². The van der Waals surface area contributed by atoms with Gasteiger partial charge in [0, 0.05) is 6.07 Å². The van der Waals surface area contributed by atoms with E-state index in [2.05, 4.69) is 33.8 Å². The van der Waals surface area contributed by atoms with E-state index in [0.717, 1.165) is 0 Å². The lowest BCUT2D eigenvalue weighted by molar-refractivity contribution is -0.606. The third kappa shape index (κ3) is 0.689. The fourth-order valence-electron chi connectivity index (χ4n) is 1.50. The molecule has 1 N–H and O–H groups in total. The molecule has 0 aliphatic carbocycles. The van der Waals surface area contributed by atoms with E-state index in [9.17, 15) is 0 Å². The van der Waals surface area contributed by atoms with Crippen molar-refractivity contribution >= 4 is 22.9 Å². The molecule has 0 radical (unpaired) electrons. The molecule has 12 heavy (non-hydrogen) atoms. The summed E-state index contributed by atoms with van der Waals surface area (Å²) in [6.45, 7) is 0. The first-order valence-electron chi connectivity index (χ1n) is 3.81. The van der Waals surface area contributed by atoms with Crippen molar-refractivity contribution in [3.05, 3.63) is 36.5 Å². The minimum absolute atomic E-state index is 1.28. The largest absolute Gasteiger partial charge is 0.258 e. The summed E-state index contributed by atoms with van der Waals surface area (Å²) in [6.07, 6.45) is 2.03. The van der Waals surface area contributed by atoms with Gasteiger partial charge in [0.25, 0.3) is 5.52 Å². The maximum absolute atomic E-state index is 3.21. The molecule has 0 amide bonds. The zero-order chi connectivity index (χ0) is 7.97. The summed E-state index contributed by atoms with van der Waals surface area (Å²) in [7, 11) is 0. The lowest BCUT2D eigenvalue weighted by atomic mass is 10.2. The Hall–Kier alpha value is -1.22. The predicted molar refractivity (Wildman–Crippen MR) is 49.4 cm³/mol. The molecule has 1 aromatic carbocycles. The summed E-state index contributed by atoms with van der Waals surface area (Å²) in [5, 5.41) is 1.28. The summed E-state index contributed by atoms with van der Waals surface area (Å²) in [6, 6.07) is 10.5. The third-order valence-electron chi connectivity index (χ3n) is 2.04. The molecule has 0 spiro atoms. The van der Waals surface area contributed by atoms with E-state index < -0.39 is 0 Å². The van der Waals surface area contributed by atoms with Crippen LogP contribution in [0.4, 0.5) is 0 Å². The number of benzene rings is 1. The number of nitrogens with zero attached hydrogens (tertiary/aromatic N) is 1. The van der Waals surface area contributed by atoms with Gasteiger partial charge in [-0.3, -0.25) is 0 Å². The second-order valence-corrected chi connectivity index (χ2v) is 3.59. The van der Waals surface area contributed by atoms with Crippen LogP contribution in [0.5, 0.6) is 0 Å². The second-order valence-electron chi connectivity index (χ2n) is 2.77. The van der Waals surface area contributed by atoms with E-state index in [-0.39, 0.29) is 0 Å². The van der Waals surface area contributed by atoms with Gasteiger partial charge in [-0.15, -0.1) is 4.83 Å². The molecule has 0 saturated heterocycles. The van der Waals surface area contributed by atoms with Crippen molar-refractivity contribution in [1.82, 2.24) is 0 Å². The summed E-state index contributed by atoms with van der Waals surface area (Å²) < 4.78 is 2.05. The molecular formula is C9H7N2S+. The average Bonchev–Trinajstić information content (AvgIpc) is 2.52. The Morgan fingerprint density at radius 2 is 2.08 bits per heavy atom. The molecule has 2 nitrogen and oxygen atoms in total. The van der Waals surface area contributed by atoms with Crippen molar-refractivity contribution in [2.75, 3.05) is 4.83 Å². The van der Waals surface area contributed by atoms with Crippen LogP contribution < -0.4 is 9.51 Å². The Morgan fingerprint density at radius 1 is 1.17 bits per heavy atom. The fourth-order valence-corrected chi connectivity index (χ4v) is 2.30. The van der Waals surface area contributed by atoms with Gasteiger partial charge in [0.2, 0.25) is 6.20 Å². The van der Waals surface area contributed by atoms with Gasteiger partial charge < -0.3 is 0 Å². The summed E-state index contributed by atoms with van der Waals surface area (Å²) >= 11 is 1.66. The smallest absolute Gasteiger partial charge is 0.127 e. The molecule has 1 aliphatic heterocycles. The van der Waals surface area contributed by atoms with Crippen LogP contribution in [0, 0.1) is 0 Å². The Bertz CT molecular complexity index is 414. The van der Waals surface area contributed by atoms with E-state index in [1.54, 1.807) is 11.9 Å². The number of aromatic nitrogens is 1. The number of rotatable bonds is 0. The van der Waals surface area contributed by atoms with Crippen LogP contribution in [-0.4, -0.2) is 0 Å². The van der Waals surface area contributed by atoms with Crippen LogP contribution in [0.25, 0.3) is 10.9 Å². The first-order valence-corrected chi connectivity index (χ1v) is 4.63. The summed E-state index contributed by atoms with van der Waals surface area (Å²) in [5.41, 5.74) is 1.28. The monoisotopic (exact) mass is 175 g/mol. The Morgan fingerprint density at radius 3 is 3.08 bits per heavy atom. The zero-order valence-electron chi connectivity index (χ0n) is 6.32. The highest BCUT2D eigenvalue weighted by Crippen LogP contribution is 2.26. The Balaban J connectivity index is 2.58. The van der Waals surface area contributed by atoms with E-state index in [4.69, 9.17) is 0 Å². The SMILES string of the molecule is c1cc2c3c(c1)ccc[n+]3NS2.